The van der Waals surface area contributed by atoms with Crippen molar-refractivity contribution >= 4 is 23.4 Å². The van der Waals surface area contributed by atoms with Gasteiger partial charge < -0.3 is 16.8 Å². The number of hydrogen-bond donors (Lipinski definition) is 3. The van der Waals surface area contributed by atoms with Gasteiger partial charge in [-0.1, -0.05) is 43.7 Å². The lowest BCUT2D eigenvalue weighted by Crippen LogP contribution is -2.26. The Kier molecular flexibility index (Phi) is 6.79. The molecule has 0 bridgehead atoms. The summed E-state index contributed by atoms with van der Waals surface area (Å²) in [5.74, 6) is 0.387. The first-order valence-electron chi connectivity index (χ1n) is 9.80. The first-order chi connectivity index (χ1) is 14.1. The van der Waals surface area contributed by atoms with E-state index >= 15 is 0 Å². The van der Waals surface area contributed by atoms with Crippen molar-refractivity contribution in [2.75, 3.05) is 5.32 Å². The largest absolute Gasteiger partial charge is 0.404 e. The molecular formula is C23H27N5O. The molecule has 1 aliphatic carbocycles. The number of carbonyl (C=O) groups excluding carboxylic acids is 1. The standard InChI is InChI=1S/C23H27N5O/c1-16(25)27-15-20(14-24)17-6-8-19(9-7-17)22(18-4-2-3-5-18)23(29)28-21-10-12-26-13-11-21/h6-15,18,22H,1-5,24-25H2,(H,26,28,29)/b20-14+,27-15?. The highest BCUT2D eigenvalue weighted by Crippen LogP contribution is 2.38. The minimum Gasteiger partial charge on any atom is -0.404 e. The second-order valence-corrected chi connectivity index (χ2v) is 7.24. The van der Waals surface area contributed by atoms with Gasteiger partial charge in [0.05, 0.1) is 5.92 Å². The fourth-order valence-electron chi connectivity index (χ4n) is 3.83. The van der Waals surface area contributed by atoms with E-state index in [2.05, 4.69) is 21.9 Å². The average molecular weight is 390 g/mol. The molecule has 1 saturated carbocycles. The number of carbonyl (C=O) groups is 1. The van der Waals surface area contributed by atoms with Crippen molar-refractivity contribution in [2.45, 2.75) is 31.6 Å². The van der Waals surface area contributed by atoms with Crippen molar-refractivity contribution in [3.8, 4) is 0 Å². The predicted octanol–water partition coefficient (Wildman–Crippen LogP) is 3.79. The number of aliphatic imine (C=N–C) groups is 1. The van der Waals surface area contributed by atoms with Crippen LogP contribution in [0, 0.1) is 5.92 Å². The molecule has 1 heterocycles. The molecule has 2 aromatic rings. The molecule has 3 rings (SSSR count). The summed E-state index contributed by atoms with van der Waals surface area (Å²) < 4.78 is 0. The van der Waals surface area contributed by atoms with Gasteiger partial charge in [0, 0.05) is 36.1 Å². The number of anilines is 1. The normalized spacial score (nSPS) is 16.1. The lowest BCUT2D eigenvalue weighted by atomic mass is 9.83. The minimum absolute atomic E-state index is 0.0198. The molecule has 1 fully saturated rings. The van der Waals surface area contributed by atoms with E-state index < -0.39 is 0 Å². The molecule has 1 aromatic carbocycles. The van der Waals surface area contributed by atoms with E-state index in [1.165, 1.54) is 19.0 Å². The Morgan fingerprint density at radius 3 is 2.41 bits per heavy atom. The Balaban J connectivity index is 1.84. The van der Waals surface area contributed by atoms with Crippen molar-refractivity contribution in [1.82, 2.24) is 4.98 Å². The number of allylic oxidation sites excluding steroid dienone is 1. The van der Waals surface area contributed by atoms with Gasteiger partial charge in [-0.15, -0.1) is 0 Å². The number of benzene rings is 1. The number of rotatable bonds is 7. The molecule has 6 nitrogen and oxygen atoms in total. The first-order valence-corrected chi connectivity index (χ1v) is 9.80. The van der Waals surface area contributed by atoms with E-state index in [-0.39, 0.29) is 17.6 Å². The predicted molar refractivity (Wildman–Crippen MR) is 118 cm³/mol. The molecule has 0 radical (unpaired) electrons. The summed E-state index contributed by atoms with van der Waals surface area (Å²) in [7, 11) is 0. The number of pyridine rings is 1. The number of hydrogen-bond acceptors (Lipinski definition) is 5. The Labute approximate surface area is 171 Å². The lowest BCUT2D eigenvalue weighted by molar-refractivity contribution is -0.118. The Morgan fingerprint density at radius 2 is 1.83 bits per heavy atom. The highest BCUT2D eigenvalue weighted by molar-refractivity contribution is 6.10. The van der Waals surface area contributed by atoms with Gasteiger partial charge >= 0.3 is 0 Å². The van der Waals surface area contributed by atoms with Gasteiger partial charge in [-0.3, -0.25) is 9.78 Å². The third-order valence-corrected chi connectivity index (χ3v) is 5.25. The van der Waals surface area contributed by atoms with E-state index in [9.17, 15) is 4.79 Å². The molecule has 0 saturated heterocycles. The van der Waals surface area contributed by atoms with Crippen LogP contribution >= 0.6 is 0 Å². The fraction of sp³-hybridized carbons (Fsp3) is 0.261. The molecule has 1 unspecified atom stereocenters. The molecule has 1 aliphatic rings. The number of aromatic nitrogens is 1. The first kappa shape index (κ1) is 20.3. The molecular weight excluding hydrogens is 362 g/mol. The van der Waals surface area contributed by atoms with Crippen molar-refractivity contribution < 1.29 is 4.79 Å². The van der Waals surface area contributed by atoms with Crippen LogP contribution in [0.4, 0.5) is 5.69 Å². The molecule has 1 aromatic heterocycles. The van der Waals surface area contributed by atoms with Gasteiger partial charge in [0.15, 0.2) is 0 Å². The third kappa shape index (κ3) is 5.31. The highest BCUT2D eigenvalue weighted by atomic mass is 16.1. The van der Waals surface area contributed by atoms with Crippen molar-refractivity contribution in [1.29, 1.82) is 0 Å². The van der Waals surface area contributed by atoms with Crippen LogP contribution in [0.25, 0.3) is 5.57 Å². The van der Waals surface area contributed by atoms with Crippen LogP contribution in [-0.4, -0.2) is 17.1 Å². The summed E-state index contributed by atoms with van der Waals surface area (Å²) in [6.07, 6.45) is 10.9. The fourth-order valence-corrected chi connectivity index (χ4v) is 3.83. The van der Waals surface area contributed by atoms with Crippen LogP contribution < -0.4 is 16.8 Å². The van der Waals surface area contributed by atoms with Crippen LogP contribution in [0.1, 0.15) is 42.7 Å². The maximum Gasteiger partial charge on any atom is 0.232 e. The number of nitrogens with one attached hydrogen (secondary N) is 1. The molecule has 5 N–H and O–H groups in total. The Morgan fingerprint density at radius 1 is 1.17 bits per heavy atom. The molecule has 0 aliphatic heterocycles. The Bertz CT molecular complexity index is 897. The second-order valence-electron chi connectivity index (χ2n) is 7.24. The quantitative estimate of drug-likeness (QED) is 0.626. The van der Waals surface area contributed by atoms with E-state index in [1.54, 1.807) is 30.7 Å². The van der Waals surface area contributed by atoms with Crippen LogP contribution in [0.5, 0.6) is 0 Å². The zero-order valence-corrected chi connectivity index (χ0v) is 16.4. The number of nitrogens with zero attached hydrogens (tertiary/aromatic N) is 2. The van der Waals surface area contributed by atoms with E-state index in [0.717, 1.165) is 35.2 Å². The smallest absolute Gasteiger partial charge is 0.232 e. The van der Waals surface area contributed by atoms with Gasteiger partial charge in [-0.05, 0) is 42.0 Å². The van der Waals surface area contributed by atoms with Crippen molar-refractivity contribution in [2.24, 2.45) is 22.4 Å². The zero-order chi connectivity index (χ0) is 20.6. The van der Waals surface area contributed by atoms with E-state index in [1.807, 2.05) is 24.3 Å². The maximum absolute atomic E-state index is 13.1. The monoisotopic (exact) mass is 389 g/mol. The summed E-state index contributed by atoms with van der Waals surface area (Å²) in [5, 5.41) is 3.04. The SMILES string of the molecule is C=C(N)N=C/C(=C\N)c1ccc(C(C(=O)Nc2ccncc2)C2CCCC2)cc1. The van der Waals surface area contributed by atoms with E-state index in [4.69, 9.17) is 11.5 Å². The molecule has 1 atom stereocenters. The van der Waals surface area contributed by atoms with Gasteiger partial charge in [0.2, 0.25) is 5.91 Å². The zero-order valence-electron chi connectivity index (χ0n) is 16.4. The van der Waals surface area contributed by atoms with Crippen LogP contribution in [-0.2, 0) is 4.79 Å². The molecule has 0 spiro atoms. The minimum atomic E-state index is -0.192. The van der Waals surface area contributed by atoms with Gasteiger partial charge in [0.25, 0.3) is 0 Å². The highest BCUT2D eigenvalue weighted by Gasteiger charge is 2.32. The summed E-state index contributed by atoms with van der Waals surface area (Å²) in [5.41, 5.74) is 14.6. The van der Waals surface area contributed by atoms with Crippen molar-refractivity contribution in [3.63, 3.8) is 0 Å². The van der Waals surface area contributed by atoms with Crippen LogP contribution in [0.3, 0.4) is 0 Å². The lowest BCUT2D eigenvalue weighted by Gasteiger charge is -2.23. The maximum atomic E-state index is 13.1. The molecule has 6 heteroatoms. The second kappa shape index (κ2) is 9.68. The van der Waals surface area contributed by atoms with E-state index in [0.29, 0.717) is 5.92 Å². The molecule has 1 amide bonds. The van der Waals surface area contributed by atoms with Gasteiger partial charge in [0.1, 0.15) is 5.82 Å². The summed E-state index contributed by atoms with van der Waals surface area (Å²) in [4.78, 5) is 21.2. The molecule has 29 heavy (non-hydrogen) atoms. The summed E-state index contributed by atoms with van der Waals surface area (Å²) >= 11 is 0. The van der Waals surface area contributed by atoms with Gasteiger partial charge in [-0.25, -0.2) is 4.99 Å². The average Bonchev–Trinajstić information content (AvgIpc) is 3.24. The number of nitrogens with two attached hydrogens (primary N) is 2. The third-order valence-electron chi connectivity index (χ3n) is 5.25. The van der Waals surface area contributed by atoms with Crippen LogP contribution in [0.15, 0.2) is 72.4 Å². The summed E-state index contributed by atoms with van der Waals surface area (Å²) in [6, 6.07) is 11.5. The van der Waals surface area contributed by atoms with Crippen LogP contribution in [0.2, 0.25) is 0 Å². The summed E-state index contributed by atoms with van der Waals surface area (Å²) in [6.45, 7) is 3.55. The topological polar surface area (TPSA) is 106 Å². The Hall–Kier alpha value is -3.41. The number of amides is 1. The van der Waals surface area contributed by atoms with Crippen molar-refractivity contribution in [3.05, 3.63) is 78.5 Å². The van der Waals surface area contributed by atoms with Gasteiger partial charge in [-0.2, -0.15) is 0 Å². The molecule has 150 valence electrons.